The van der Waals surface area contributed by atoms with E-state index in [1.54, 1.807) is 6.92 Å². The first-order valence-corrected chi connectivity index (χ1v) is 9.51. The standard InChI is InChI=1S/C20H27N5O3/c1-4-27-20(26)21-9-7-18-23-19(28-24-18)12-14-5-6-17-16(11-14)15(13-22-17)8-10-25(2)3/h5-6,11,13,22H,4,7-10,12H2,1-3H3,(H,21,26). The molecule has 0 aliphatic heterocycles. The first-order chi connectivity index (χ1) is 13.5. The molecule has 0 aliphatic carbocycles. The van der Waals surface area contributed by atoms with E-state index in [-0.39, 0.29) is 0 Å². The van der Waals surface area contributed by atoms with Crippen LogP contribution in [0.1, 0.15) is 29.8 Å². The Morgan fingerprint density at radius 1 is 1.32 bits per heavy atom. The Labute approximate surface area is 164 Å². The van der Waals surface area contributed by atoms with E-state index < -0.39 is 6.09 Å². The summed E-state index contributed by atoms with van der Waals surface area (Å²) in [5.41, 5.74) is 3.56. The van der Waals surface area contributed by atoms with Crippen molar-refractivity contribution < 1.29 is 14.1 Å². The quantitative estimate of drug-likeness (QED) is 0.588. The van der Waals surface area contributed by atoms with E-state index in [1.807, 2.05) is 0 Å². The van der Waals surface area contributed by atoms with Gasteiger partial charge in [-0.15, -0.1) is 0 Å². The van der Waals surface area contributed by atoms with Crippen molar-refractivity contribution in [2.24, 2.45) is 0 Å². The Morgan fingerprint density at radius 2 is 2.18 bits per heavy atom. The van der Waals surface area contributed by atoms with Gasteiger partial charge in [0.2, 0.25) is 5.89 Å². The molecule has 0 fully saturated rings. The summed E-state index contributed by atoms with van der Waals surface area (Å²) in [4.78, 5) is 21.2. The monoisotopic (exact) mass is 385 g/mol. The van der Waals surface area contributed by atoms with Gasteiger partial charge in [-0.25, -0.2) is 4.79 Å². The van der Waals surface area contributed by atoms with Gasteiger partial charge in [0.15, 0.2) is 5.82 Å². The highest BCUT2D eigenvalue weighted by Gasteiger charge is 2.10. The second-order valence-corrected chi connectivity index (χ2v) is 6.93. The lowest BCUT2D eigenvalue weighted by molar-refractivity contribution is 0.152. The lowest BCUT2D eigenvalue weighted by atomic mass is 10.1. The maximum atomic E-state index is 11.3. The fraction of sp³-hybridized carbons (Fsp3) is 0.450. The average molecular weight is 385 g/mol. The number of benzene rings is 1. The smallest absolute Gasteiger partial charge is 0.407 e. The molecule has 0 unspecified atom stereocenters. The highest BCUT2D eigenvalue weighted by Crippen LogP contribution is 2.22. The number of likely N-dealkylation sites (N-methyl/N-ethyl adjacent to an activating group) is 1. The van der Waals surface area contributed by atoms with Gasteiger partial charge in [0, 0.05) is 36.6 Å². The van der Waals surface area contributed by atoms with Gasteiger partial charge in [-0.1, -0.05) is 11.2 Å². The number of aromatic amines is 1. The topological polar surface area (TPSA) is 96.3 Å². The van der Waals surface area contributed by atoms with Crippen molar-refractivity contribution in [2.75, 3.05) is 33.8 Å². The van der Waals surface area contributed by atoms with Crippen molar-refractivity contribution in [3.8, 4) is 0 Å². The van der Waals surface area contributed by atoms with E-state index in [0.29, 0.717) is 37.7 Å². The minimum Gasteiger partial charge on any atom is -0.450 e. The van der Waals surface area contributed by atoms with E-state index in [2.05, 4.69) is 63.8 Å². The molecule has 150 valence electrons. The third kappa shape index (κ3) is 5.32. The number of carbonyl (C=O) groups is 1. The fourth-order valence-electron chi connectivity index (χ4n) is 2.98. The molecule has 0 radical (unpaired) electrons. The summed E-state index contributed by atoms with van der Waals surface area (Å²) in [6.45, 7) is 3.52. The van der Waals surface area contributed by atoms with Gasteiger partial charge >= 0.3 is 6.09 Å². The first kappa shape index (κ1) is 19.9. The summed E-state index contributed by atoms with van der Waals surface area (Å²) in [5, 5.41) is 7.86. The molecule has 0 saturated heterocycles. The van der Waals surface area contributed by atoms with Gasteiger partial charge in [0.05, 0.1) is 13.0 Å². The van der Waals surface area contributed by atoms with Crippen molar-refractivity contribution in [1.82, 2.24) is 25.3 Å². The summed E-state index contributed by atoms with van der Waals surface area (Å²) in [5.74, 6) is 1.14. The predicted molar refractivity (Wildman–Crippen MR) is 106 cm³/mol. The fourth-order valence-corrected chi connectivity index (χ4v) is 2.98. The average Bonchev–Trinajstić information content (AvgIpc) is 3.27. The second-order valence-electron chi connectivity index (χ2n) is 6.93. The number of aromatic nitrogens is 3. The van der Waals surface area contributed by atoms with Gasteiger partial charge in [-0.05, 0) is 50.7 Å². The molecule has 0 bridgehead atoms. The molecule has 1 amide bonds. The third-order valence-corrected chi connectivity index (χ3v) is 4.42. The van der Waals surface area contributed by atoms with E-state index >= 15 is 0 Å². The van der Waals surface area contributed by atoms with Crippen LogP contribution in [0.5, 0.6) is 0 Å². The molecule has 3 aromatic rings. The number of hydrogen-bond acceptors (Lipinski definition) is 6. The van der Waals surface area contributed by atoms with Crippen molar-refractivity contribution in [1.29, 1.82) is 0 Å². The van der Waals surface area contributed by atoms with Crippen molar-refractivity contribution in [3.63, 3.8) is 0 Å². The molecule has 2 aromatic heterocycles. The van der Waals surface area contributed by atoms with E-state index in [4.69, 9.17) is 9.26 Å². The van der Waals surface area contributed by atoms with Crippen LogP contribution >= 0.6 is 0 Å². The second kappa shape index (κ2) is 9.36. The Morgan fingerprint density at radius 3 is 2.96 bits per heavy atom. The molecular weight excluding hydrogens is 358 g/mol. The number of nitrogens with one attached hydrogen (secondary N) is 2. The maximum absolute atomic E-state index is 11.3. The van der Waals surface area contributed by atoms with Crippen LogP contribution in [0.3, 0.4) is 0 Å². The molecule has 8 heteroatoms. The van der Waals surface area contributed by atoms with E-state index in [9.17, 15) is 4.79 Å². The summed E-state index contributed by atoms with van der Waals surface area (Å²) in [7, 11) is 4.16. The first-order valence-electron chi connectivity index (χ1n) is 9.51. The van der Waals surface area contributed by atoms with Crippen LogP contribution in [-0.2, 0) is 24.0 Å². The number of carbonyl (C=O) groups excluding carboxylic acids is 1. The van der Waals surface area contributed by atoms with Gasteiger partial charge in [0.25, 0.3) is 0 Å². The summed E-state index contributed by atoms with van der Waals surface area (Å²) < 4.78 is 10.2. The normalized spacial score (nSPS) is 11.3. The largest absolute Gasteiger partial charge is 0.450 e. The minimum atomic E-state index is -0.434. The Bertz CT molecular complexity index is 916. The molecule has 3 rings (SSSR count). The van der Waals surface area contributed by atoms with Gasteiger partial charge < -0.3 is 24.5 Å². The van der Waals surface area contributed by atoms with Crippen molar-refractivity contribution in [3.05, 3.63) is 47.2 Å². The molecule has 1 aromatic carbocycles. The van der Waals surface area contributed by atoms with Crippen molar-refractivity contribution in [2.45, 2.75) is 26.2 Å². The van der Waals surface area contributed by atoms with Gasteiger partial charge in [0.1, 0.15) is 0 Å². The summed E-state index contributed by atoms with van der Waals surface area (Å²) in [6.07, 6.45) is 3.71. The van der Waals surface area contributed by atoms with Crippen LogP contribution in [0, 0.1) is 0 Å². The highest BCUT2D eigenvalue weighted by atomic mass is 16.5. The Kier molecular flexibility index (Phi) is 6.65. The van der Waals surface area contributed by atoms with Crippen LogP contribution in [0.15, 0.2) is 28.9 Å². The SMILES string of the molecule is CCOC(=O)NCCc1noc(Cc2ccc3[nH]cc(CCN(C)C)c3c2)n1. The molecule has 28 heavy (non-hydrogen) atoms. The van der Waals surface area contributed by atoms with Crippen LogP contribution in [0.2, 0.25) is 0 Å². The maximum Gasteiger partial charge on any atom is 0.407 e. The number of rotatable bonds is 9. The molecule has 0 saturated carbocycles. The van der Waals surface area contributed by atoms with Crippen LogP contribution in [0.4, 0.5) is 4.79 Å². The van der Waals surface area contributed by atoms with Crippen molar-refractivity contribution >= 4 is 17.0 Å². The van der Waals surface area contributed by atoms with E-state index in [0.717, 1.165) is 24.0 Å². The number of hydrogen-bond donors (Lipinski definition) is 2. The molecule has 2 N–H and O–H groups in total. The van der Waals surface area contributed by atoms with Crippen LogP contribution in [-0.4, -0.2) is 59.9 Å². The third-order valence-electron chi connectivity index (χ3n) is 4.42. The zero-order valence-electron chi connectivity index (χ0n) is 16.6. The molecule has 0 spiro atoms. The minimum absolute atomic E-state index is 0.348. The zero-order valence-corrected chi connectivity index (χ0v) is 16.6. The zero-order chi connectivity index (χ0) is 19.9. The molecule has 8 nitrogen and oxygen atoms in total. The summed E-state index contributed by atoms with van der Waals surface area (Å²) in [6, 6.07) is 6.34. The number of nitrogens with zero attached hydrogens (tertiary/aromatic N) is 3. The number of alkyl carbamates (subject to hydrolysis) is 1. The van der Waals surface area contributed by atoms with Gasteiger partial charge in [-0.3, -0.25) is 0 Å². The number of amides is 1. The predicted octanol–water partition coefficient (Wildman–Crippen LogP) is 2.53. The number of ether oxygens (including phenoxy) is 1. The lowest BCUT2D eigenvalue weighted by Gasteiger charge is -2.08. The van der Waals surface area contributed by atoms with Crippen LogP contribution < -0.4 is 5.32 Å². The number of H-pyrrole nitrogens is 1. The Balaban J connectivity index is 1.60. The number of fused-ring (bicyclic) bond motifs is 1. The lowest BCUT2D eigenvalue weighted by Crippen LogP contribution is -2.26. The molecular formula is C20H27N5O3. The Hall–Kier alpha value is -2.87. The van der Waals surface area contributed by atoms with Crippen LogP contribution in [0.25, 0.3) is 10.9 Å². The molecule has 0 aliphatic rings. The molecule has 2 heterocycles. The summed E-state index contributed by atoms with van der Waals surface area (Å²) >= 11 is 0. The highest BCUT2D eigenvalue weighted by molar-refractivity contribution is 5.84. The van der Waals surface area contributed by atoms with Gasteiger partial charge in [-0.2, -0.15) is 4.98 Å². The van der Waals surface area contributed by atoms with E-state index in [1.165, 1.54) is 10.9 Å². The molecule has 0 atom stereocenters.